The fourth-order valence-electron chi connectivity index (χ4n) is 3.80. The van der Waals surface area contributed by atoms with E-state index in [2.05, 4.69) is 27.7 Å². The summed E-state index contributed by atoms with van der Waals surface area (Å²) in [6.07, 6.45) is 6.07. The maximum atomic E-state index is 2.46. The quantitative estimate of drug-likeness (QED) is 0.538. The maximum absolute atomic E-state index is 2.46. The van der Waals surface area contributed by atoms with Crippen molar-refractivity contribution in [3.05, 3.63) is 0 Å². The summed E-state index contributed by atoms with van der Waals surface area (Å²) in [6.45, 7) is 9.85. The molecule has 0 saturated heterocycles. The van der Waals surface area contributed by atoms with Gasteiger partial charge in [0.05, 0.1) is 0 Å². The van der Waals surface area contributed by atoms with Gasteiger partial charge in [0, 0.05) is 0 Å². The first-order valence-corrected chi connectivity index (χ1v) is 6.58. The van der Waals surface area contributed by atoms with Crippen LogP contribution in [-0.4, -0.2) is 0 Å². The van der Waals surface area contributed by atoms with Gasteiger partial charge >= 0.3 is 0 Å². The van der Waals surface area contributed by atoms with Crippen LogP contribution in [0.5, 0.6) is 0 Å². The van der Waals surface area contributed by atoms with Gasteiger partial charge in [0.1, 0.15) is 0 Å². The topological polar surface area (TPSA) is 0 Å². The molecular weight excluding hydrogens is 168 g/mol. The molecule has 5 unspecified atom stereocenters. The molecule has 0 aromatic rings. The zero-order chi connectivity index (χ0) is 10.3. The van der Waals surface area contributed by atoms with Crippen molar-refractivity contribution in [2.75, 3.05) is 0 Å². The van der Waals surface area contributed by atoms with E-state index in [1.165, 1.54) is 25.7 Å². The van der Waals surface area contributed by atoms with Crippen molar-refractivity contribution in [1.82, 2.24) is 0 Å². The molecule has 2 rings (SSSR count). The van der Waals surface area contributed by atoms with Crippen LogP contribution >= 0.6 is 0 Å². The molecule has 0 aliphatic heterocycles. The van der Waals surface area contributed by atoms with Gasteiger partial charge in [-0.15, -0.1) is 0 Å². The van der Waals surface area contributed by atoms with Gasteiger partial charge in [0.2, 0.25) is 0 Å². The lowest BCUT2D eigenvalue weighted by molar-refractivity contribution is 0.0458. The Kier molecular flexibility index (Phi) is 2.91. The van der Waals surface area contributed by atoms with E-state index in [-0.39, 0.29) is 0 Å². The number of hydrogen-bond donors (Lipinski definition) is 0. The number of rotatable bonds is 0. The average molecular weight is 194 g/mol. The van der Waals surface area contributed by atoms with Crippen LogP contribution in [0, 0.1) is 35.5 Å². The van der Waals surface area contributed by atoms with Crippen LogP contribution in [-0.2, 0) is 0 Å². The normalized spacial score (nSPS) is 54.0. The molecule has 0 bridgehead atoms. The van der Waals surface area contributed by atoms with Gasteiger partial charge < -0.3 is 0 Å². The summed E-state index contributed by atoms with van der Waals surface area (Å²) in [7, 11) is 0. The highest BCUT2D eigenvalue weighted by molar-refractivity contribution is 4.88. The van der Waals surface area contributed by atoms with Gasteiger partial charge in [0.25, 0.3) is 0 Å². The first kappa shape index (κ1) is 10.5. The maximum Gasteiger partial charge on any atom is -0.0380 e. The summed E-state index contributed by atoms with van der Waals surface area (Å²) in [5.74, 6) is 6.09. The summed E-state index contributed by atoms with van der Waals surface area (Å²) in [4.78, 5) is 0. The smallest absolute Gasteiger partial charge is 0.0380 e. The van der Waals surface area contributed by atoms with Gasteiger partial charge in [0.15, 0.2) is 0 Å². The Hall–Kier alpha value is 0. The lowest BCUT2D eigenvalue weighted by Gasteiger charge is -2.46. The zero-order valence-corrected chi connectivity index (χ0v) is 10.3. The molecule has 6 atom stereocenters. The van der Waals surface area contributed by atoms with E-state index in [9.17, 15) is 0 Å². The van der Waals surface area contributed by atoms with E-state index in [0.717, 1.165) is 35.5 Å². The van der Waals surface area contributed by atoms with Gasteiger partial charge in [-0.25, -0.2) is 0 Å². The van der Waals surface area contributed by atoms with E-state index in [1.807, 2.05) is 0 Å². The molecule has 0 heterocycles. The molecule has 0 aromatic heterocycles. The predicted octanol–water partition coefficient (Wildman–Crippen LogP) is 4.35. The first-order valence-electron chi connectivity index (χ1n) is 6.58. The minimum atomic E-state index is 0.983. The van der Waals surface area contributed by atoms with Gasteiger partial charge in [-0.3, -0.25) is 0 Å². The Bertz CT molecular complexity index is 154. The zero-order valence-electron chi connectivity index (χ0n) is 10.3. The summed E-state index contributed by atoms with van der Waals surface area (Å²) >= 11 is 0. The Balaban J connectivity index is 2.01. The third-order valence-electron chi connectivity index (χ3n) is 5.31. The molecule has 0 heteroatoms. The van der Waals surface area contributed by atoms with Gasteiger partial charge in [-0.05, 0) is 61.2 Å². The Morgan fingerprint density at radius 3 is 0.929 bits per heavy atom. The lowest BCUT2D eigenvalue weighted by Crippen LogP contribution is -2.36. The summed E-state index contributed by atoms with van der Waals surface area (Å²) in [6, 6.07) is 0. The Labute approximate surface area is 89.5 Å². The van der Waals surface area contributed by atoms with Crippen LogP contribution in [0.3, 0.4) is 0 Å². The van der Waals surface area contributed by atoms with Crippen LogP contribution in [0.15, 0.2) is 0 Å². The Morgan fingerprint density at radius 1 is 0.500 bits per heavy atom. The third kappa shape index (κ3) is 1.85. The molecule has 2 saturated carbocycles. The second kappa shape index (κ2) is 3.87. The van der Waals surface area contributed by atoms with E-state index in [0.29, 0.717) is 0 Å². The minimum Gasteiger partial charge on any atom is -0.0622 e. The van der Waals surface area contributed by atoms with Crippen molar-refractivity contribution in [2.45, 2.75) is 53.4 Å². The number of fused-ring (bicyclic) bond motifs is 1. The first-order chi connectivity index (χ1) is 6.58. The monoisotopic (exact) mass is 194 g/mol. The molecule has 0 aromatic carbocycles. The number of hydrogen-bond acceptors (Lipinski definition) is 0. The Morgan fingerprint density at radius 2 is 0.714 bits per heavy atom. The molecule has 2 aliphatic carbocycles. The molecule has 82 valence electrons. The third-order valence-corrected chi connectivity index (χ3v) is 5.31. The molecule has 2 aliphatic rings. The molecular formula is C14H26. The largest absolute Gasteiger partial charge is 0.0622 e. The predicted molar refractivity (Wildman–Crippen MR) is 62.1 cm³/mol. The SMILES string of the molecule is CC1CC2CC(C)[C@@H](C)CC2CC1C. The molecule has 0 spiro atoms. The fourth-order valence-corrected chi connectivity index (χ4v) is 3.80. The summed E-state index contributed by atoms with van der Waals surface area (Å²) < 4.78 is 0. The average Bonchev–Trinajstić information content (AvgIpc) is 2.11. The van der Waals surface area contributed by atoms with Gasteiger partial charge in [-0.1, -0.05) is 27.7 Å². The highest BCUT2D eigenvalue weighted by atomic mass is 14.4. The van der Waals surface area contributed by atoms with Crippen molar-refractivity contribution in [1.29, 1.82) is 0 Å². The second-order valence-electron chi connectivity index (χ2n) is 6.37. The summed E-state index contributed by atoms with van der Waals surface area (Å²) in [5, 5.41) is 0. The standard InChI is InChI=1S/C14H26/c1-9-5-13-7-11(3)12(4)8-14(13)6-10(9)2/h9-14H,5-8H2,1-4H3/t9-,10?,11?,12?,13?,14?/m0/s1. The van der Waals surface area contributed by atoms with Crippen LogP contribution in [0.1, 0.15) is 53.4 Å². The van der Waals surface area contributed by atoms with Crippen molar-refractivity contribution >= 4 is 0 Å². The van der Waals surface area contributed by atoms with E-state index in [1.54, 1.807) is 0 Å². The molecule has 0 nitrogen and oxygen atoms in total. The molecule has 0 radical (unpaired) electrons. The highest BCUT2D eigenvalue weighted by Crippen LogP contribution is 2.48. The van der Waals surface area contributed by atoms with Crippen molar-refractivity contribution in [2.24, 2.45) is 35.5 Å². The van der Waals surface area contributed by atoms with E-state index >= 15 is 0 Å². The van der Waals surface area contributed by atoms with Gasteiger partial charge in [-0.2, -0.15) is 0 Å². The molecule has 0 N–H and O–H groups in total. The highest BCUT2D eigenvalue weighted by Gasteiger charge is 2.38. The fraction of sp³-hybridized carbons (Fsp3) is 1.00. The van der Waals surface area contributed by atoms with Crippen molar-refractivity contribution in [3.63, 3.8) is 0 Å². The van der Waals surface area contributed by atoms with Crippen LogP contribution in [0.2, 0.25) is 0 Å². The van der Waals surface area contributed by atoms with Crippen LogP contribution < -0.4 is 0 Å². The van der Waals surface area contributed by atoms with Crippen LogP contribution in [0.4, 0.5) is 0 Å². The van der Waals surface area contributed by atoms with Crippen LogP contribution in [0.25, 0.3) is 0 Å². The lowest BCUT2D eigenvalue weighted by atomic mass is 9.60. The van der Waals surface area contributed by atoms with Crippen molar-refractivity contribution in [3.8, 4) is 0 Å². The molecule has 14 heavy (non-hydrogen) atoms. The molecule has 0 amide bonds. The summed E-state index contributed by atoms with van der Waals surface area (Å²) in [5.41, 5.74) is 0. The van der Waals surface area contributed by atoms with Crippen molar-refractivity contribution < 1.29 is 0 Å². The molecule has 2 fully saturated rings. The minimum absolute atomic E-state index is 0.983. The van der Waals surface area contributed by atoms with E-state index < -0.39 is 0 Å². The second-order valence-corrected chi connectivity index (χ2v) is 6.37. The van der Waals surface area contributed by atoms with E-state index in [4.69, 9.17) is 0 Å².